The van der Waals surface area contributed by atoms with Crippen LogP contribution in [0.4, 0.5) is 0 Å². The Morgan fingerprint density at radius 2 is 1.93 bits per heavy atom. The van der Waals surface area contributed by atoms with Gasteiger partial charge in [-0.1, -0.05) is 27.2 Å². The van der Waals surface area contributed by atoms with Gasteiger partial charge in [-0.25, -0.2) is 0 Å². The summed E-state index contributed by atoms with van der Waals surface area (Å²) in [5.74, 6) is 0.222. The van der Waals surface area contributed by atoms with Crippen LogP contribution in [0.15, 0.2) is 0 Å². The molecule has 1 rings (SSSR count). The second kappa shape index (κ2) is 3.49. The molecule has 3 atom stereocenters. The van der Waals surface area contributed by atoms with E-state index in [9.17, 15) is 8.42 Å². The second-order valence-electron chi connectivity index (χ2n) is 4.82. The average Bonchev–Trinajstić information content (AvgIpc) is 2.16. The van der Waals surface area contributed by atoms with Crippen LogP contribution in [0, 0.1) is 11.8 Å². The smallest absolute Gasteiger partial charge is 0.263 e. The molecule has 84 valence electrons. The summed E-state index contributed by atoms with van der Waals surface area (Å²) in [6.45, 7) is 9.64. The van der Waals surface area contributed by atoms with Gasteiger partial charge < -0.3 is 0 Å². The minimum absolute atomic E-state index is 0.0578. The van der Waals surface area contributed by atoms with Crippen LogP contribution in [0.3, 0.4) is 0 Å². The van der Waals surface area contributed by atoms with Crippen molar-refractivity contribution in [3.05, 3.63) is 0 Å². The highest BCUT2D eigenvalue weighted by molar-refractivity contribution is 7.87. The summed E-state index contributed by atoms with van der Waals surface area (Å²) in [6, 6.07) is 0. The fraction of sp³-hybridized carbons (Fsp3) is 1.00. The van der Waals surface area contributed by atoms with Crippen molar-refractivity contribution in [2.24, 2.45) is 11.8 Å². The van der Waals surface area contributed by atoms with E-state index in [4.69, 9.17) is 4.18 Å². The topological polar surface area (TPSA) is 43.4 Å². The third-order valence-electron chi connectivity index (χ3n) is 3.46. The van der Waals surface area contributed by atoms with Crippen molar-refractivity contribution in [2.45, 2.75) is 51.9 Å². The van der Waals surface area contributed by atoms with Crippen molar-refractivity contribution < 1.29 is 12.6 Å². The summed E-state index contributed by atoms with van der Waals surface area (Å²) in [5.41, 5.74) is -0.549. The van der Waals surface area contributed by atoms with E-state index in [2.05, 4.69) is 0 Å². The molecule has 0 saturated carbocycles. The van der Waals surface area contributed by atoms with E-state index in [1.54, 1.807) is 0 Å². The maximum atomic E-state index is 11.8. The molecule has 0 aliphatic carbocycles. The van der Waals surface area contributed by atoms with Crippen molar-refractivity contribution >= 4 is 10.1 Å². The molecule has 0 spiro atoms. The van der Waals surface area contributed by atoms with E-state index in [-0.39, 0.29) is 17.1 Å². The molecule has 3 unspecified atom stereocenters. The Hall–Kier alpha value is -0.0900. The molecule has 3 nitrogen and oxygen atoms in total. The van der Waals surface area contributed by atoms with Crippen LogP contribution in [0.2, 0.25) is 0 Å². The largest absolute Gasteiger partial charge is 0.271 e. The zero-order valence-corrected chi connectivity index (χ0v) is 10.4. The van der Waals surface area contributed by atoms with Crippen molar-refractivity contribution in [1.29, 1.82) is 0 Å². The third-order valence-corrected chi connectivity index (χ3v) is 5.66. The van der Waals surface area contributed by atoms with E-state index < -0.39 is 15.7 Å². The minimum atomic E-state index is -3.36. The Morgan fingerprint density at radius 1 is 1.43 bits per heavy atom. The molecule has 1 aliphatic rings. The third kappa shape index (κ3) is 1.82. The highest BCUT2D eigenvalue weighted by Crippen LogP contribution is 2.42. The summed E-state index contributed by atoms with van der Waals surface area (Å²) < 4.78 is 28.7. The molecule has 0 bridgehead atoms. The van der Waals surface area contributed by atoms with Gasteiger partial charge in [-0.3, -0.25) is 4.18 Å². The molecule has 0 aromatic carbocycles. The van der Waals surface area contributed by atoms with Crippen LogP contribution in [0.5, 0.6) is 0 Å². The molecule has 1 fully saturated rings. The predicted octanol–water partition coefficient (Wildman–Crippen LogP) is 2.18. The van der Waals surface area contributed by atoms with Gasteiger partial charge in [-0.15, -0.1) is 0 Å². The molecule has 0 aromatic heterocycles. The minimum Gasteiger partial charge on any atom is -0.263 e. The van der Waals surface area contributed by atoms with Crippen LogP contribution >= 0.6 is 0 Å². The summed E-state index contributed by atoms with van der Waals surface area (Å²) in [6.07, 6.45) is 0.869. The fourth-order valence-electron chi connectivity index (χ4n) is 2.09. The lowest BCUT2D eigenvalue weighted by molar-refractivity contribution is 0.0914. The maximum absolute atomic E-state index is 11.8. The van der Waals surface area contributed by atoms with Crippen molar-refractivity contribution in [1.82, 2.24) is 0 Å². The maximum Gasteiger partial charge on any atom is 0.271 e. The molecule has 0 aromatic rings. The van der Waals surface area contributed by atoms with Crippen LogP contribution in [-0.2, 0) is 14.3 Å². The van der Waals surface area contributed by atoms with Crippen molar-refractivity contribution in [3.8, 4) is 0 Å². The molecule has 1 aliphatic heterocycles. The molecule has 0 radical (unpaired) electrons. The van der Waals surface area contributed by atoms with Crippen molar-refractivity contribution in [3.63, 3.8) is 0 Å². The summed E-state index contributed by atoms with van der Waals surface area (Å²) in [5, 5.41) is -0.345. The van der Waals surface area contributed by atoms with E-state index >= 15 is 0 Å². The molecule has 0 N–H and O–H groups in total. The highest BCUT2D eigenvalue weighted by Gasteiger charge is 2.52. The summed E-state index contributed by atoms with van der Waals surface area (Å²) in [4.78, 5) is 0. The van der Waals surface area contributed by atoms with E-state index in [1.165, 1.54) is 0 Å². The number of hydrogen-bond donors (Lipinski definition) is 0. The molecular formula is C10H20O3S. The Labute approximate surface area is 87.0 Å². The lowest BCUT2D eigenvalue weighted by Crippen LogP contribution is -2.33. The summed E-state index contributed by atoms with van der Waals surface area (Å²) in [7, 11) is -3.36. The Morgan fingerprint density at radius 3 is 2.21 bits per heavy atom. The van der Waals surface area contributed by atoms with E-state index in [0.29, 0.717) is 0 Å². The van der Waals surface area contributed by atoms with Crippen molar-refractivity contribution in [2.75, 3.05) is 0 Å². The van der Waals surface area contributed by atoms with E-state index in [1.807, 2.05) is 34.6 Å². The van der Waals surface area contributed by atoms with Crippen LogP contribution < -0.4 is 0 Å². The highest BCUT2D eigenvalue weighted by atomic mass is 32.2. The van der Waals surface area contributed by atoms with Gasteiger partial charge in [-0.2, -0.15) is 8.42 Å². The zero-order valence-electron chi connectivity index (χ0n) is 9.57. The molecule has 14 heavy (non-hydrogen) atoms. The van der Waals surface area contributed by atoms with Gasteiger partial charge in [0.2, 0.25) is 0 Å². The summed E-state index contributed by atoms with van der Waals surface area (Å²) >= 11 is 0. The Balaban J connectivity index is 3.06. The Kier molecular flexibility index (Phi) is 2.99. The van der Waals surface area contributed by atoms with Gasteiger partial charge in [0, 0.05) is 5.92 Å². The lowest BCUT2D eigenvalue weighted by Gasteiger charge is -2.24. The van der Waals surface area contributed by atoms with Gasteiger partial charge >= 0.3 is 0 Å². The Bertz CT molecular complexity index is 305. The van der Waals surface area contributed by atoms with Gasteiger partial charge in [0.15, 0.2) is 0 Å². The molecule has 0 amide bonds. The molecule has 1 saturated heterocycles. The molecule has 1 heterocycles. The van der Waals surface area contributed by atoms with E-state index in [0.717, 1.165) is 6.42 Å². The quantitative estimate of drug-likeness (QED) is 0.670. The molecular weight excluding hydrogens is 200 g/mol. The number of rotatable bonds is 2. The monoisotopic (exact) mass is 220 g/mol. The van der Waals surface area contributed by atoms with Gasteiger partial charge in [0.25, 0.3) is 10.1 Å². The SMILES string of the molecule is CCC(C)C1C(C)C(C)(C)OS1(=O)=O. The fourth-order valence-corrected chi connectivity index (χ4v) is 4.54. The average molecular weight is 220 g/mol. The zero-order chi connectivity index (χ0) is 11.1. The number of hydrogen-bond acceptors (Lipinski definition) is 3. The van der Waals surface area contributed by atoms with Gasteiger partial charge in [0.1, 0.15) is 0 Å². The first kappa shape index (κ1) is 12.0. The van der Waals surface area contributed by atoms with Crippen LogP contribution in [0.25, 0.3) is 0 Å². The second-order valence-corrected chi connectivity index (χ2v) is 6.52. The van der Waals surface area contributed by atoms with Gasteiger partial charge in [-0.05, 0) is 19.8 Å². The normalized spacial score (nSPS) is 36.9. The predicted molar refractivity (Wildman–Crippen MR) is 56.5 cm³/mol. The lowest BCUT2D eigenvalue weighted by atomic mass is 9.84. The van der Waals surface area contributed by atoms with Crippen LogP contribution in [-0.4, -0.2) is 19.3 Å². The first-order chi connectivity index (χ1) is 6.22. The first-order valence-corrected chi connectivity index (χ1v) is 6.64. The first-order valence-electron chi connectivity index (χ1n) is 5.17. The standard InChI is InChI=1S/C10H20O3S/c1-6-7(2)9-8(3)10(4,5)13-14(9,11)12/h7-9H,6H2,1-5H3. The van der Waals surface area contributed by atoms with Gasteiger partial charge in [0.05, 0.1) is 10.9 Å². The van der Waals surface area contributed by atoms with Crippen LogP contribution in [0.1, 0.15) is 41.0 Å². The molecule has 4 heteroatoms.